The van der Waals surface area contributed by atoms with Crippen LogP contribution in [0.2, 0.25) is 0 Å². The van der Waals surface area contributed by atoms with Crippen molar-refractivity contribution < 1.29 is 0 Å². The predicted octanol–water partition coefficient (Wildman–Crippen LogP) is 2.29. The summed E-state index contributed by atoms with van der Waals surface area (Å²) in [7, 11) is 0. The van der Waals surface area contributed by atoms with E-state index < -0.39 is 0 Å². The molecule has 2 rings (SSSR count). The zero-order valence-corrected chi connectivity index (χ0v) is 12.0. The molecule has 0 aliphatic carbocycles. The summed E-state index contributed by atoms with van der Waals surface area (Å²) in [5.74, 6) is 9.54. The van der Waals surface area contributed by atoms with Gasteiger partial charge in [-0.25, -0.2) is 15.8 Å². The van der Waals surface area contributed by atoms with E-state index in [0.717, 1.165) is 22.9 Å². The molecule has 2 unspecified atom stereocenters. The van der Waals surface area contributed by atoms with Crippen LogP contribution >= 0.6 is 23.5 Å². The van der Waals surface area contributed by atoms with Gasteiger partial charge in [-0.3, -0.25) is 0 Å². The molecular formula is C11H18N4S2. The van der Waals surface area contributed by atoms with Crippen LogP contribution in [0.4, 0.5) is 5.82 Å². The van der Waals surface area contributed by atoms with Crippen LogP contribution < -0.4 is 11.3 Å². The fraction of sp³-hybridized carbons (Fsp3) is 0.636. The molecule has 1 aromatic rings. The number of hydrogen-bond acceptors (Lipinski definition) is 6. The van der Waals surface area contributed by atoms with Crippen molar-refractivity contribution in [1.82, 2.24) is 9.97 Å². The molecule has 94 valence electrons. The summed E-state index contributed by atoms with van der Waals surface area (Å²) in [4.78, 5) is 9.16. The lowest BCUT2D eigenvalue weighted by Gasteiger charge is -2.27. The van der Waals surface area contributed by atoms with Crippen LogP contribution in [0.3, 0.4) is 0 Å². The maximum Gasteiger partial charge on any atom is 0.146 e. The summed E-state index contributed by atoms with van der Waals surface area (Å²) in [6, 6.07) is 0. The summed E-state index contributed by atoms with van der Waals surface area (Å²) >= 11 is 3.94. The smallest absolute Gasteiger partial charge is 0.146 e. The first-order chi connectivity index (χ1) is 8.13. The van der Waals surface area contributed by atoms with Crippen molar-refractivity contribution in [3.63, 3.8) is 0 Å². The minimum Gasteiger partial charge on any atom is -0.308 e. The minimum absolute atomic E-state index is 0.375. The Morgan fingerprint density at radius 2 is 1.94 bits per heavy atom. The highest BCUT2D eigenvalue weighted by Crippen LogP contribution is 2.41. The first-order valence-electron chi connectivity index (χ1n) is 5.68. The van der Waals surface area contributed by atoms with Gasteiger partial charge in [-0.15, -0.1) is 11.8 Å². The number of nitrogens with one attached hydrogen (secondary N) is 1. The second-order valence-corrected chi connectivity index (χ2v) is 6.89. The predicted molar refractivity (Wildman–Crippen MR) is 76.4 cm³/mol. The van der Waals surface area contributed by atoms with Gasteiger partial charge in [0, 0.05) is 28.0 Å². The molecule has 1 fully saturated rings. The lowest BCUT2D eigenvalue weighted by molar-refractivity contribution is 0.810. The zero-order valence-electron chi connectivity index (χ0n) is 10.4. The van der Waals surface area contributed by atoms with Crippen LogP contribution in [0.25, 0.3) is 0 Å². The summed E-state index contributed by atoms with van der Waals surface area (Å²) < 4.78 is 0. The Morgan fingerprint density at radius 3 is 2.59 bits per heavy atom. The molecule has 1 aromatic heterocycles. The summed E-state index contributed by atoms with van der Waals surface area (Å²) in [5.41, 5.74) is 4.69. The van der Waals surface area contributed by atoms with Gasteiger partial charge in [-0.1, -0.05) is 6.92 Å². The first kappa shape index (κ1) is 13.0. The number of nitrogen functional groups attached to an aromatic ring is 1. The molecular weight excluding hydrogens is 252 g/mol. The van der Waals surface area contributed by atoms with Crippen LogP contribution in [0, 0.1) is 13.8 Å². The standard InChI is InChI=1S/C11H18N4S2/c1-6-7(2)13-11(14-10(6)15-12)9-8(3)16-4-5-17-9/h8-9H,4-5,12H2,1-3H3,(H,13,14,15). The normalized spacial score (nSPS) is 24.7. The third-order valence-corrected chi connectivity index (χ3v) is 6.07. The molecule has 1 aliphatic heterocycles. The number of anilines is 1. The number of aromatic nitrogens is 2. The van der Waals surface area contributed by atoms with Gasteiger partial charge in [-0.2, -0.15) is 11.8 Å². The number of nitrogens with zero attached hydrogens (tertiary/aromatic N) is 2. The first-order valence-corrected chi connectivity index (χ1v) is 7.78. The van der Waals surface area contributed by atoms with E-state index in [4.69, 9.17) is 5.84 Å². The average molecular weight is 270 g/mol. The SMILES string of the molecule is Cc1nc(C2SCCSC2C)nc(NN)c1C. The number of rotatable bonds is 2. The van der Waals surface area contributed by atoms with Gasteiger partial charge in [0.25, 0.3) is 0 Å². The fourth-order valence-corrected chi connectivity index (χ4v) is 4.52. The van der Waals surface area contributed by atoms with Crippen molar-refractivity contribution in [3.8, 4) is 0 Å². The maximum atomic E-state index is 5.50. The van der Waals surface area contributed by atoms with E-state index in [9.17, 15) is 0 Å². The van der Waals surface area contributed by atoms with E-state index in [1.807, 2.05) is 37.4 Å². The van der Waals surface area contributed by atoms with Gasteiger partial charge in [0.1, 0.15) is 11.6 Å². The Balaban J connectivity index is 2.34. The molecule has 0 amide bonds. The van der Waals surface area contributed by atoms with E-state index in [-0.39, 0.29) is 0 Å². The van der Waals surface area contributed by atoms with E-state index in [2.05, 4.69) is 22.3 Å². The van der Waals surface area contributed by atoms with Crippen molar-refractivity contribution in [3.05, 3.63) is 17.1 Å². The van der Waals surface area contributed by atoms with E-state index in [0.29, 0.717) is 10.5 Å². The molecule has 0 bridgehead atoms. The topological polar surface area (TPSA) is 63.8 Å². The second-order valence-electron chi connectivity index (χ2n) is 4.15. The van der Waals surface area contributed by atoms with Crippen LogP contribution in [-0.2, 0) is 0 Å². The molecule has 2 heterocycles. The van der Waals surface area contributed by atoms with Gasteiger partial charge in [0.15, 0.2) is 0 Å². The van der Waals surface area contributed by atoms with Crippen LogP contribution in [0.1, 0.15) is 29.3 Å². The van der Waals surface area contributed by atoms with Gasteiger partial charge in [0.2, 0.25) is 0 Å². The molecule has 0 aromatic carbocycles. The molecule has 0 radical (unpaired) electrons. The third kappa shape index (κ3) is 2.69. The van der Waals surface area contributed by atoms with Crippen LogP contribution in [0.15, 0.2) is 0 Å². The summed E-state index contributed by atoms with van der Waals surface area (Å²) in [5, 5.41) is 0.932. The average Bonchev–Trinajstić information content (AvgIpc) is 2.33. The van der Waals surface area contributed by atoms with Crippen molar-refractivity contribution in [1.29, 1.82) is 0 Å². The maximum absolute atomic E-state index is 5.50. The molecule has 2 atom stereocenters. The lowest BCUT2D eigenvalue weighted by atomic mass is 10.2. The molecule has 1 saturated heterocycles. The Kier molecular flexibility index (Phi) is 4.17. The highest BCUT2D eigenvalue weighted by Gasteiger charge is 2.27. The van der Waals surface area contributed by atoms with Crippen molar-refractivity contribution in [2.45, 2.75) is 31.3 Å². The Hall–Kier alpha value is -0.460. The molecule has 0 spiro atoms. The monoisotopic (exact) mass is 270 g/mol. The highest BCUT2D eigenvalue weighted by molar-refractivity contribution is 8.06. The summed E-state index contributed by atoms with van der Waals surface area (Å²) in [6.07, 6.45) is 0. The number of hydrazine groups is 1. The Morgan fingerprint density at radius 1 is 1.24 bits per heavy atom. The second kappa shape index (κ2) is 5.46. The van der Waals surface area contributed by atoms with Crippen molar-refractivity contribution in [2.24, 2.45) is 5.84 Å². The van der Waals surface area contributed by atoms with Crippen molar-refractivity contribution in [2.75, 3.05) is 16.9 Å². The van der Waals surface area contributed by atoms with Gasteiger partial charge >= 0.3 is 0 Å². The van der Waals surface area contributed by atoms with Crippen LogP contribution in [0.5, 0.6) is 0 Å². The molecule has 17 heavy (non-hydrogen) atoms. The molecule has 3 N–H and O–H groups in total. The largest absolute Gasteiger partial charge is 0.308 e. The van der Waals surface area contributed by atoms with E-state index >= 15 is 0 Å². The van der Waals surface area contributed by atoms with Gasteiger partial charge < -0.3 is 5.43 Å². The fourth-order valence-electron chi connectivity index (χ4n) is 1.83. The van der Waals surface area contributed by atoms with Crippen LogP contribution in [-0.4, -0.2) is 26.7 Å². The van der Waals surface area contributed by atoms with Gasteiger partial charge in [-0.05, 0) is 13.8 Å². The Labute approximate surface area is 111 Å². The minimum atomic E-state index is 0.375. The van der Waals surface area contributed by atoms with Crippen molar-refractivity contribution >= 4 is 29.3 Å². The van der Waals surface area contributed by atoms with Gasteiger partial charge in [0.05, 0.1) is 5.25 Å². The number of thioether (sulfide) groups is 2. The number of nitrogens with two attached hydrogens (primary N) is 1. The quantitative estimate of drug-likeness (QED) is 0.635. The summed E-state index contributed by atoms with van der Waals surface area (Å²) in [6.45, 7) is 6.24. The Bertz CT molecular complexity index is 411. The molecule has 4 nitrogen and oxygen atoms in total. The number of hydrogen-bond donors (Lipinski definition) is 2. The third-order valence-electron chi connectivity index (χ3n) is 2.99. The zero-order chi connectivity index (χ0) is 12.4. The molecule has 6 heteroatoms. The van der Waals surface area contributed by atoms with E-state index in [1.165, 1.54) is 11.5 Å². The molecule has 1 aliphatic rings. The lowest BCUT2D eigenvalue weighted by Crippen LogP contribution is -2.20. The van der Waals surface area contributed by atoms with E-state index in [1.54, 1.807) is 0 Å². The highest BCUT2D eigenvalue weighted by atomic mass is 32.2. The molecule has 0 saturated carbocycles. The number of aryl methyl sites for hydroxylation is 1.